The van der Waals surface area contributed by atoms with Crippen LogP contribution in [0.2, 0.25) is 5.02 Å². The van der Waals surface area contributed by atoms with Crippen LogP contribution in [0.25, 0.3) is 0 Å². The number of esters is 4. The number of phosphoric acid groups is 2. The molecule has 22 nitrogen and oxygen atoms in total. The lowest BCUT2D eigenvalue weighted by Gasteiger charge is -2.46. The number of nitrogens with zero attached hydrogens (tertiary/aromatic N) is 1. The molecule has 0 radical (unpaired) electrons. The summed E-state index contributed by atoms with van der Waals surface area (Å²) in [5, 5.41) is 20.7. The van der Waals surface area contributed by atoms with Gasteiger partial charge in [-0.2, -0.15) is 18.8 Å². The van der Waals surface area contributed by atoms with Crippen LogP contribution in [0.1, 0.15) is 47.9 Å². The van der Waals surface area contributed by atoms with Crippen LogP contribution in [-0.4, -0.2) is 110 Å². The summed E-state index contributed by atoms with van der Waals surface area (Å²) in [7, 11) is -11.3. The maximum absolute atomic E-state index is 15.7. The zero-order valence-corrected chi connectivity index (χ0v) is 47.6. The molecule has 2 fully saturated rings. The third kappa shape index (κ3) is 16.7. The Balaban J connectivity index is 1.14. The average Bonchev–Trinajstić information content (AvgIpc) is 1.24. The van der Waals surface area contributed by atoms with Crippen LogP contribution in [0, 0.1) is 11.3 Å². The van der Waals surface area contributed by atoms with Gasteiger partial charge >= 0.3 is 39.9 Å². The van der Waals surface area contributed by atoms with Gasteiger partial charge in [-0.15, -0.1) is 0 Å². The van der Waals surface area contributed by atoms with E-state index >= 15 is 4.89 Å². The van der Waals surface area contributed by atoms with Crippen LogP contribution in [0.3, 0.4) is 0 Å². The van der Waals surface area contributed by atoms with Gasteiger partial charge in [0.05, 0.1) is 46.4 Å². The number of carbonyl (C=O) groups is 4. The Labute approximate surface area is 498 Å². The van der Waals surface area contributed by atoms with E-state index in [0.717, 1.165) is 0 Å². The van der Waals surface area contributed by atoms with E-state index in [9.17, 15) is 39.0 Å². The van der Waals surface area contributed by atoms with Gasteiger partial charge in [0.2, 0.25) is 24.8 Å². The van der Waals surface area contributed by atoms with Crippen molar-refractivity contribution in [2.75, 3.05) is 19.8 Å². The minimum Gasteiger partial charge on any atom is -0.746 e. The Morgan fingerprint density at radius 1 is 0.535 bits per heavy atom. The molecule has 0 bridgehead atoms. The molecule has 0 spiro atoms. The predicted octanol–water partition coefficient (Wildman–Crippen LogP) is 8.44. The van der Waals surface area contributed by atoms with Crippen LogP contribution in [-0.2, 0) is 51.1 Å². The molecule has 2 aliphatic rings. The highest BCUT2D eigenvalue weighted by molar-refractivity contribution is 7.54. The Bertz CT molecular complexity index is 3440. The number of benzene rings is 7. The standard InChI is InChI=1S/C61H54ClNO21P2/c62-46-34-19-20-35-47(46)82-85(69,70)83-51-49(77-61(75-45-32-17-6-18-33-45)55(81-59(68)43-28-13-4-14-29-43)53(51)79-57(66)41-24-9-2-10-25-41)39-73-86(71,72-37-21-36-63)84-50-48(38-64)76-60(74-44-30-15-5-16-31-44)54(80-58(67)42-26-11-3-12-27-42)52(50)78-56(65)40-22-7-1-8-23-40/h1-20,22-35,48-55,60-61,64H,21,37-39H2,(H,69,70)/p-1/t48-,49-,50-,51-,52+,53+,54-,55-,60-,61-,86?/m1/s1. The molecule has 2 heterocycles. The van der Waals surface area contributed by atoms with Crippen LogP contribution >= 0.6 is 27.6 Å². The molecule has 7 aromatic carbocycles. The van der Waals surface area contributed by atoms with Gasteiger partial charge in [0.25, 0.3) is 0 Å². The number of rotatable bonds is 25. The second-order valence-electron chi connectivity index (χ2n) is 18.7. The molecule has 2 saturated heterocycles. The summed E-state index contributed by atoms with van der Waals surface area (Å²) < 4.78 is 93.3. The summed E-state index contributed by atoms with van der Waals surface area (Å²) in [4.78, 5) is 86.8. The quantitative estimate of drug-likeness (QED) is 0.0243. The van der Waals surface area contributed by atoms with Gasteiger partial charge in [0.15, 0.2) is 18.3 Å². The smallest absolute Gasteiger partial charge is 0.380 e. The molecule has 86 heavy (non-hydrogen) atoms. The number of hydrogen-bond donors (Lipinski definition) is 1. The molecule has 0 amide bonds. The van der Waals surface area contributed by atoms with E-state index in [2.05, 4.69) is 0 Å². The minimum atomic E-state index is -5.81. The first-order valence-corrected chi connectivity index (χ1v) is 29.8. The molecule has 25 heteroatoms. The highest BCUT2D eigenvalue weighted by atomic mass is 35.5. The van der Waals surface area contributed by atoms with E-state index in [-0.39, 0.29) is 38.8 Å². The number of aliphatic hydroxyl groups is 1. The second-order valence-corrected chi connectivity index (χ2v) is 22.0. The van der Waals surface area contributed by atoms with Crippen molar-refractivity contribution in [1.82, 2.24) is 0 Å². The first-order chi connectivity index (χ1) is 41.7. The van der Waals surface area contributed by atoms with Crippen LogP contribution in [0.15, 0.2) is 206 Å². The maximum atomic E-state index is 15.7. The van der Waals surface area contributed by atoms with Crippen molar-refractivity contribution in [1.29, 1.82) is 5.26 Å². The van der Waals surface area contributed by atoms with E-state index in [1.54, 1.807) is 109 Å². The third-order valence-corrected chi connectivity index (χ3v) is 15.5. The lowest BCUT2D eigenvalue weighted by Crippen LogP contribution is -2.64. The van der Waals surface area contributed by atoms with Gasteiger partial charge < -0.3 is 57.3 Å². The Morgan fingerprint density at radius 2 is 0.919 bits per heavy atom. The number of phosphoric ester groups is 2. The topological polar surface area (TPSA) is 295 Å². The van der Waals surface area contributed by atoms with Crippen molar-refractivity contribution in [3.05, 3.63) is 234 Å². The number of hydrogen-bond acceptors (Lipinski definition) is 22. The molecule has 9 rings (SSSR count). The molecule has 0 aliphatic carbocycles. The van der Waals surface area contributed by atoms with Crippen molar-refractivity contribution < 1.29 is 99.2 Å². The lowest BCUT2D eigenvalue weighted by atomic mass is 9.98. The van der Waals surface area contributed by atoms with Gasteiger partial charge in [-0.25, -0.2) is 19.2 Å². The van der Waals surface area contributed by atoms with Crippen molar-refractivity contribution in [2.45, 2.75) is 67.8 Å². The van der Waals surface area contributed by atoms with E-state index < -0.39 is 133 Å². The normalized spacial score (nSPS) is 23.1. The third-order valence-electron chi connectivity index (χ3n) is 12.8. The monoisotopic (exact) mass is 1230 g/mol. The molecule has 2 aliphatic heterocycles. The van der Waals surface area contributed by atoms with Gasteiger partial charge in [-0.05, 0) is 84.9 Å². The summed E-state index contributed by atoms with van der Waals surface area (Å²) in [6, 6.07) is 53.4. The van der Waals surface area contributed by atoms with Gasteiger partial charge in [0, 0.05) is 0 Å². The Hall–Kier alpha value is -8.10. The van der Waals surface area contributed by atoms with Crippen LogP contribution < -0.4 is 23.8 Å². The minimum absolute atomic E-state index is 0.0122. The molecule has 0 saturated carbocycles. The zero-order valence-electron chi connectivity index (χ0n) is 45.1. The molecule has 0 aromatic heterocycles. The summed E-state index contributed by atoms with van der Waals surface area (Å²) in [6.45, 7) is -2.88. The van der Waals surface area contributed by atoms with Gasteiger partial charge in [-0.1, -0.05) is 133 Å². The summed E-state index contributed by atoms with van der Waals surface area (Å²) in [5.41, 5.74) is -0.0747. The first kappa shape index (κ1) is 62.4. The molecule has 12 atom stereocenters. The van der Waals surface area contributed by atoms with Crippen LogP contribution in [0.5, 0.6) is 17.2 Å². The zero-order chi connectivity index (χ0) is 60.5. The molecule has 446 valence electrons. The molecule has 7 aromatic rings. The first-order valence-electron chi connectivity index (χ1n) is 26.5. The molecule has 1 N–H and O–H groups in total. The summed E-state index contributed by atoms with van der Waals surface area (Å²) >= 11 is 6.34. The highest BCUT2D eigenvalue weighted by Gasteiger charge is 2.59. The van der Waals surface area contributed by atoms with Crippen molar-refractivity contribution in [3.8, 4) is 23.3 Å². The van der Waals surface area contributed by atoms with E-state index in [4.69, 9.17) is 72.1 Å². The molecular weight excluding hydrogens is 1180 g/mol. The maximum Gasteiger partial charge on any atom is 0.380 e. The fourth-order valence-corrected chi connectivity index (χ4v) is 11.4. The number of nitriles is 1. The van der Waals surface area contributed by atoms with Crippen molar-refractivity contribution in [2.24, 2.45) is 0 Å². The SMILES string of the molecule is N#CCCO[P+]([O-])(OC[C@H]1O[C@@H](Oc2ccccc2)[C@H](OC(=O)c2ccccc2)[C@@H](OC(=O)c2ccccc2)[C@@H]1OP(=O)([O-])Oc1ccccc1Cl)O[C@H]1[C@H](OC(=O)c2ccccc2)[C@@H](OC(=O)c2ccccc2)[C@H](Oc2ccccc2)O[C@@H]1CO. The van der Waals surface area contributed by atoms with Crippen molar-refractivity contribution in [3.63, 3.8) is 0 Å². The van der Waals surface area contributed by atoms with Crippen LogP contribution in [0.4, 0.5) is 0 Å². The summed E-state index contributed by atoms with van der Waals surface area (Å²) in [6.07, 6.45) is -19.9. The molecular formula is C61H53ClNO21P2-. The number of ether oxygens (including phenoxy) is 8. The fourth-order valence-electron chi connectivity index (χ4n) is 8.76. The van der Waals surface area contributed by atoms with Crippen molar-refractivity contribution >= 4 is 51.5 Å². The largest absolute Gasteiger partial charge is 0.746 e. The number of carbonyl (C=O) groups excluding carboxylic acids is 4. The number of para-hydroxylation sites is 3. The van der Waals surface area contributed by atoms with E-state index in [1.807, 2.05) is 6.07 Å². The number of halogens is 1. The highest BCUT2D eigenvalue weighted by Crippen LogP contribution is 2.57. The Morgan fingerprint density at radius 3 is 1.34 bits per heavy atom. The van der Waals surface area contributed by atoms with E-state index in [0.29, 0.717) is 0 Å². The van der Waals surface area contributed by atoms with Gasteiger partial charge in [-0.3, -0.25) is 9.09 Å². The summed E-state index contributed by atoms with van der Waals surface area (Å²) in [5.74, 6) is -4.32. The fraction of sp³-hybridized carbons (Fsp3) is 0.230. The second kappa shape index (κ2) is 29.8. The predicted molar refractivity (Wildman–Crippen MR) is 300 cm³/mol. The lowest BCUT2D eigenvalue weighted by molar-refractivity contribution is -0.306. The number of aliphatic hydroxyl groups excluding tert-OH is 1. The average molecular weight is 1230 g/mol. The van der Waals surface area contributed by atoms with Gasteiger partial charge in [0.1, 0.15) is 48.8 Å². The Kier molecular flexibility index (Phi) is 21.6. The van der Waals surface area contributed by atoms with E-state index in [1.165, 1.54) is 97.1 Å². The molecule has 2 unspecified atom stereocenters.